The Bertz CT molecular complexity index is 879. The van der Waals surface area contributed by atoms with E-state index in [4.69, 9.17) is 4.74 Å². The molecule has 0 atom stereocenters. The van der Waals surface area contributed by atoms with Crippen LogP contribution in [-0.2, 0) is 14.6 Å². The molecule has 0 radical (unpaired) electrons. The van der Waals surface area contributed by atoms with E-state index in [0.717, 1.165) is 18.2 Å². The largest absolute Gasteiger partial charge is 0.501 e. The Labute approximate surface area is 166 Å². The monoisotopic (exact) mass is 437 g/mol. The summed E-state index contributed by atoms with van der Waals surface area (Å²) in [6.45, 7) is 0.712. The minimum atomic E-state index is -5.57. The lowest BCUT2D eigenvalue weighted by Crippen LogP contribution is -2.45. The van der Waals surface area contributed by atoms with Crippen molar-refractivity contribution < 1.29 is 35.9 Å². The van der Waals surface area contributed by atoms with Crippen molar-refractivity contribution in [2.45, 2.75) is 23.2 Å². The third-order valence-electron chi connectivity index (χ3n) is 4.56. The number of carbonyl (C=O) groups is 2. The second-order valence-corrected chi connectivity index (χ2v) is 8.68. The number of halogens is 3. The molecule has 0 spiro atoms. The lowest BCUT2D eigenvalue weighted by molar-refractivity contribution is -0.121. The highest BCUT2D eigenvalue weighted by atomic mass is 32.2. The van der Waals surface area contributed by atoms with Crippen molar-refractivity contribution >= 4 is 27.5 Å². The summed E-state index contributed by atoms with van der Waals surface area (Å²) in [4.78, 5) is 26.5. The fourth-order valence-corrected chi connectivity index (χ4v) is 3.72. The molecule has 1 saturated heterocycles. The Hall–Kier alpha value is -2.50. The molecule has 0 aliphatic carbocycles. The first-order valence-electron chi connectivity index (χ1n) is 8.65. The number of anilines is 1. The molecule has 1 heterocycles. The molecule has 1 aromatic carbocycles. The Morgan fingerprint density at radius 1 is 1.21 bits per heavy atom. The molecule has 162 valence electrons. The van der Waals surface area contributed by atoms with Gasteiger partial charge in [0.25, 0.3) is 9.84 Å². The quantitative estimate of drug-likeness (QED) is 0.780. The summed E-state index contributed by atoms with van der Waals surface area (Å²) < 4.78 is 66.7. The highest BCUT2D eigenvalue weighted by molar-refractivity contribution is 7.92. The van der Waals surface area contributed by atoms with Crippen molar-refractivity contribution in [1.82, 2.24) is 9.80 Å². The van der Waals surface area contributed by atoms with E-state index in [-0.39, 0.29) is 17.5 Å². The van der Waals surface area contributed by atoms with Crippen LogP contribution in [0.5, 0.6) is 5.75 Å². The molecule has 0 bridgehead atoms. The Morgan fingerprint density at radius 3 is 2.28 bits per heavy atom. The SMILES string of the molecule is COc1ccc(S(=O)(=O)C(F)(F)F)cc1NC(=O)C1CCN(C(=O)N(C)C)CC1. The average Bonchev–Trinajstić information content (AvgIpc) is 2.66. The van der Waals surface area contributed by atoms with Crippen molar-refractivity contribution in [1.29, 1.82) is 0 Å². The maximum atomic E-state index is 12.8. The maximum absolute atomic E-state index is 12.8. The van der Waals surface area contributed by atoms with E-state index < -0.39 is 32.1 Å². The van der Waals surface area contributed by atoms with Gasteiger partial charge in [-0.3, -0.25) is 4.79 Å². The van der Waals surface area contributed by atoms with E-state index in [2.05, 4.69) is 5.32 Å². The van der Waals surface area contributed by atoms with Gasteiger partial charge in [-0.25, -0.2) is 13.2 Å². The van der Waals surface area contributed by atoms with Gasteiger partial charge in [0.15, 0.2) is 0 Å². The molecule has 0 unspecified atom stereocenters. The molecule has 1 N–H and O–H groups in total. The van der Waals surface area contributed by atoms with Gasteiger partial charge in [-0.2, -0.15) is 13.2 Å². The smallest absolute Gasteiger partial charge is 0.495 e. The van der Waals surface area contributed by atoms with Crippen LogP contribution in [0, 0.1) is 5.92 Å². The number of alkyl halides is 3. The van der Waals surface area contributed by atoms with Gasteiger partial charge in [0.05, 0.1) is 17.7 Å². The zero-order valence-electron chi connectivity index (χ0n) is 16.1. The number of sulfone groups is 1. The molecule has 1 aliphatic heterocycles. The van der Waals surface area contributed by atoms with E-state index in [9.17, 15) is 31.2 Å². The van der Waals surface area contributed by atoms with Crippen LogP contribution in [0.15, 0.2) is 23.1 Å². The highest BCUT2D eigenvalue weighted by Crippen LogP contribution is 2.35. The Balaban J connectivity index is 2.16. The first kappa shape index (κ1) is 22.8. The zero-order valence-corrected chi connectivity index (χ0v) is 16.9. The topological polar surface area (TPSA) is 96.0 Å². The van der Waals surface area contributed by atoms with E-state index >= 15 is 0 Å². The lowest BCUT2D eigenvalue weighted by atomic mass is 9.96. The molecule has 0 saturated carbocycles. The minimum Gasteiger partial charge on any atom is -0.495 e. The number of nitrogens with zero attached hydrogens (tertiary/aromatic N) is 2. The number of ether oxygens (including phenoxy) is 1. The third kappa shape index (κ3) is 4.92. The maximum Gasteiger partial charge on any atom is 0.501 e. The minimum absolute atomic E-state index is 0.0275. The number of urea groups is 1. The van der Waals surface area contributed by atoms with Crippen LogP contribution in [0.3, 0.4) is 0 Å². The number of piperidine rings is 1. The summed E-state index contributed by atoms with van der Waals surface area (Å²) in [7, 11) is -1.08. The van der Waals surface area contributed by atoms with E-state index in [1.165, 1.54) is 12.0 Å². The van der Waals surface area contributed by atoms with Crippen LogP contribution >= 0.6 is 0 Å². The fraction of sp³-hybridized carbons (Fsp3) is 0.529. The molecule has 3 amide bonds. The number of amides is 3. The Kier molecular flexibility index (Phi) is 6.66. The van der Waals surface area contributed by atoms with Gasteiger partial charge >= 0.3 is 11.5 Å². The molecule has 29 heavy (non-hydrogen) atoms. The first-order valence-corrected chi connectivity index (χ1v) is 10.1. The summed E-state index contributed by atoms with van der Waals surface area (Å²) in [6.07, 6.45) is 0.739. The molecule has 1 aromatic rings. The summed E-state index contributed by atoms with van der Waals surface area (Å²) in [5, 5.41) is 2.45. The molecule has 12 heteroatoms. The third-order valence-corrected chi connectivity index (χ3v) is 6.05. The van der Waals surface area contributed by atoms with Gasteiger partial charge in [0, 0.05) is 33.1 Å². The lowest BCUT2D eigenvalue weighted by Gasteiger charge is -2.33. The van der Waals surface area contributed by atoms with E-state index in [1.54, 1.807) is 19.0 Å². The number of hydrogen-bond donors (Lipinski definition) is 1. The van der Waals surface area contributed by atoms with E-state index in [1.807, 2.05) is 0 Å². The van der Waals surface area contributed by atoms with Gasteiger partial charge in [-0.05, 0) is 31.0 Å². The molecule has 1 fully saturated rings. The molecule has 8 nitrogen and oxygen atoms in total. The molecule has 1 aliphatic rings. The summed E-state index contributed by atoms with van der Waals surface area (Å²) >= 11 is 0. The number of likely N-dealkylation sites (tertiary alicyclic amines) is 1. The number of hydrogen-bond acceptors (Lipinski definition) is 5. The molecular weight excluding hydrogens is 415 g/mol. The standard InChI is InChI=1S/C17H22F3N3O5S/c1-22(2)16(25)23-8-6-11(7-9-23)15(24)21-13-10-12(4-5-14(13)28-3)29(26,27)17(18,19)20/h4-5,10-11H,6-9H2,1-3H3,(H,21,24). The summed E-state index contributed by atoms with van der Waals surface area (Å²) in [5.41, 5.74) is -5.64. The van der Waals surface area contributed by atoms with Crippen molar-refractivity contribution in [2.24, 2.45) is 5.92 Å². The van der Waals surface area contributed by atoms with Crippen LogP contribution < -0.4 is 10.1 Å². The Morgan fingerprint density at radius 2 is 1.79 bits per heavy atom. The zero-order chi connectivity index (χ0) is 22.0. The van der Waals surface area contributed by atoms with E-state index in [0.29, 0.717) is 25.9 Å². The van der Waals surface area contributed by atoms with Crippen LogP contribution in [0.4, 0.5) is 23.7 Å². The normalized spacial score (nSPS) is 15.7. The van der Waals surface area contributed by atoms with Gasteiger partial charge in [-0.1, -0.05) is 0 Å². The molecular formula is C17H22F3N3O5S. The predicted octanol–water partition coefficient (Wildman–Crippen LogP) is 2.32. The van der Waals surface area contributed by atoms with Crippen molar-refractivity contribution in [3.8, 4) is 5.75 Å². The van der Waals surface area contributed by atoms with Crippen molar-refractivity contribution in [2.75, 3.05) is 39.6 Å². The highest BCUT2D eigenvalue weighted by Gasteiger charge is 2.47. The van der Waals surface area contributed by atoms with Gasteiger partial charge in [0.2, 0.25) is 5.91 Å². The molecule has 0 aromatic heterocycles. The second-order valence-electron chi connectivity index (χ2n) is 6.74. The average molecular weight is 437 g/mol. The van der Waals surface area contributed by atoms with Crippen LogP contribution in [0.25, 0.3) is 0 Å². The van der Waals surface area contributed by atoms with Gasteiger partial charge in [-0.15, -0.1) is 0 Å². The number of nitrogens with one attached hydrogen (secondary N) is 1. The first-order chi connectivity index (χ1) is 13.4. The van der Waals surface area contributed by atoms with Crippen LogP contribution in [0.1, 0.15) is 12.8 Å². The van der Waals surface area contributed by atoms with Gasteiger partial charge in [0.1, 0.15) is 5.75 Å². The van der Waals surface area contributed by atoms with Crippen molar-refractivity contribution in [3.05, 3.63) is 18.2 Å². The van der Waals surface area contributed by atoms with Gasteiger partial charge < -0.3 is 19.9 Å². The summed E-state index contributed by atoms with van der Waals surface area (Å²) in [5.74, 6) is -0.935. The number of benzene rings is 1. The predicted molar refractivity (Wildman–Crippen MR) is 98.2 cm³/mol. The number of methoxy groups -OCH3 is 1. The number of carbonyl (C=O) groups excluding carboxylic acids is 2. The van der Waals surface area contributed by atoms with Crippen molar-refractivity contribution in [3.63, 3.8) is 0 Å². The summed E-state index contributed by atoms with van der Waals surface area (Å²) in [6, 6.07) is 2.37. The fourth-order valence-electron chi connectivity index (χ4n) is 2.94. The second kappa shape index (κ2) is 8.47. The molecule has 2 rings (SSSR count). The van der Waals surface area contributed by atoms with Crippen LogP contribution in [0.2, 0.25) is 0 Å². The number of rotatable bonds is 4. The van der Waals surface area contributed by atoms with Crippen LogP contribution in [-0.4, -0.2) is 70.0 Å².